The first kappa shape index (κ1) is 37.8. The van der Waals surface area contributed by atoms with Gasteiger partial charge in [0, 0.05) is 31.2 Å². The van der Waals surface area contributed by atoms with Crippen molar-refractivity contribution in [2.45, 2.75) is 70.2 Å². The molecular formula is C42H49N5O5. The molecule has 4 N–H and O–H groups in total. The second-order valence-corrected chi connectivity index (χ2v) is 13.3. The Labute approximate surface area is 306 Å². The minimum Gasteiger partial charge on any atom is -0.465 e. The van der Waals surface area contributed by atoms with Gasteiger partial charge in [-0.1, -0.05) is 72.8 Å². The number of rotatable bonds is 12. The number of nitrogens with zero attached hydrogens (tertiary/aromatic N) is 1. The summed E-state index contributed by atoms with van der Waals surface area (Å²) in [6.45, 7) is 3.34. The molecule has 2 aliphatic rings. The van der Waals surface area contributed by atoms with E-state index in [-0.39, 0.29) is 36.4 Å². The SMILES string of the molecule is CNCC(=O)N[C@@H](Cc1ccc(NCc2ccc(C(=O)OC)cc2)cc1)C(=O)N1Cc2ccccc2C[C@H]1C.O=CNC1CCCc2ccccc21. The van der Waals surface area contributed by atoms with E-state index in [2.05, 4.69) is 58.5 Å². The molecule has 3 amide bonds. The predicted octanol–water partition coefficient (Wildman–Crippen LogP) is 5.12. The highest BCUT2D eigenvalue weighted by molar-refractivity contribution is 5.89. The summed E-state index contributed by atoms with van der Waals surface area (Å²) in [5.74, 6) is -0.639. The fraction of sp³-hybridized carbons (Fsp3) is 0.333. The average Bonchev–Trinajstić information content (AvgIpc) is 3.17. The first-order valence-corrected chi connectivity index (χ1v) is 17.9. The van der Waals surface area contributed by atoms with Crippen LogP contribution < -0.4 is 21.3 Å². The van der Waals surface area contributed by atoms with Crippen molar-refractivity contribution in [1.29, 1.82) is 0 Å². The number of carbonyl (C=O) groups excluding carboxylic acids is 4. The molecule has 10 heteroatoms. The van der Waals surface area contributed by atoms with E-state index < -0.39 is 6.04 Å². The van der Waals surface area contributed by atoms with Crippen molar-refractivity contribution in [3.8, 4) is 0 Å². The Morgan fingerprint density at radius 1 is 0.885 bits per heavy atom. The zero-order valence-corrected chi connectivity index (χ0v) is 30.2. The maximum Gasteiger partial charge on any atom is 0.337 e. The van der Waals surface area contributed by atoms with Crippen LogP contribution in [0, 0.1) is 0 Å². The van der Waals surface area contributed by atoms with Crippen LogP contribution in [-0.4, -0.2) is 61.9 Å². The number of likely N-dealkylation sites (N-methyl/N-ethyl adjacent to an activating group) is 1. The third kappa shape index (κ3) is 10.1. The van der Waals surface area contributed by atoms with Crippen LogP contribution in [0.5, 0.6) is 0 Å². The predicted molar refractivity (Wildman–Crippen MR) is 203 cm³/mol. The summed E-state index contributed by atoms with van der Waals surface area (Å²) in [6, 6.07) is 31.3. The summed E-state index contributed by atoms with van der Waals surface area (Å²) in [5.41, 5.74) is 8.53. The van der Waals surface area contributed by atoms with Gasteiger partial charge < -0.3 is 30.9 Å². The molecule has 0 aromatic heterocycles. The number of nitrogens with one attached hydrogen (secondary N) is 4. The van der Waals surface area contributed by atoms with E-state index in [4.69, 9.17) is 4.74 Å². The molecule has 1 aliphatic carbocycles. The highest BCUT2D eigenvalue weighted by Crippen LogP contribution is 2.29. The number of ether oxygens (including phenoxy) is 1. The molecule has 0 saturated heterocycles. The molecule has 4 aromatic rings. The van der Waals surface area contributed by atoms with Crippen LogP contribution >= 0.6 is 0 Å². The van der Waals surface area contributed by atoms with E-state index in [1.807, 2.05) is 59.5 Å². The van der Waals surface area contributed by atoms with E-state index >= 15 is 0 Å². The Kier molecular flexibility index (Phi) is 13.6. The van der Waals surface area contributed by atoms with Crippen LogP contribution in [0.25, 0.3) is 0 Å². The summed E-state index contributed by atoms with van der Waals surface area (Å²) in [6.07, 6.45) is 5.37. The van der Waals surface area contributed by atoms with Gasteiger partial charge in [-0.3, -0.25) is 14.4 Å². The standard InChI is InChI=1S/C31H36N4O4.C11H13NO/c1-21-16-25-6-4-5-7-26(25)20-35(21)30(37)28(34-29(36)19-32-2)17-22-10-14-27(15-11-22)33-18-23-8-12-24(13-9-23)31(38)39-3;13-8-12-11-7-3-5-9-4-1-2-6-10(9)11/h4-15,21,28,32-33H,16-20H2,1-3H3,(H,34,36);1-2,4,6,8,11H,3,5,7H2,(H,12,13)/t21-,28+;/m1./s1. The van der Waals surface area contributed by atoms with Gasteiger partial charge in [-0.25, -0.2) is 4.79 Å². The van der Waals surface area contributed by atoms with Crippen molar-refractivity contribution in [3.05, 3.63) is 136 Å². The lowest BCUT2D eigenvalue weighted by Gasteiger charge is -2.37. The van der Waals surface area contributed by atoms with Crippen molar-refractivity contribution in [1.82, 2.24) is 20.9 Å². The number of benzene rings is 4. The lowest BCUT2D eigenvalue weighted by atomic mass is 9.88. The maximum atomic E-state index is 13.7. The second kappa shape index (κ2) is 18.7. The highest BCUT2D eigenvalue weighted by atomic mass is 16.5. The summed E-state index contributed by atoms with van der Waals surface area (Å²) >= 11 is 0. The number of anilines is 1. The smallest absolute Gasteiger partial charge is 0.337 e. The maximum absolute atomic E-state index is 13.7. The van der Waals surface area contributed by atoms with Gasteiger partial charge in [0.25, 0.3) is 0 Å². The quantitative estimate of drug-likeness (QED) is 0.119. The molecule has 1 heterocycles. The molecular weight excluding hydrogens is 654 g/mol. The Bertz CT molecular complexity index is 1810. The highest BCUT2D eigenvalue weighted by Gasteiger charge is 2.32. The zero-order valence-electron chi connectivity index (χ0n) is 30.2. The first-order valence-electron chi connectivity index (χ1n) is 17.9. The van der Waals surface area contributed by atoms with Crippen molar-refractivity contribution in [3.63, 3.8) is 0 Å². The molecule has 10 nitrogen and oxygen atoms in total. The molecule has 0 radical (unpaired) electrons. The van der Waals surface area contributed by atoms with Crippen LogP contribution in [-0.2, 0) is 51.5 Å². The molecule has 4 aromatic carbocycles. The molecule has 0 bridgehead atoms. The van der Waals surface area contributed by atoms with Gasteiger partial charge >= 0.3 is 5.97 Å². The van der Waals surface area contributed by atoms with Gasteiger partial charge in [-0.05, 0) is 97.3 Å². The zero-order chi connectivity index (χ0) is 36.9. The number of esters is 1. The topological polar surface area (TPSA) is 129 Å². The Balaban J connectivity index is 0.000000335. The molecule has 52 heavy (non-hydrogen) atoms. The number of aryl methyl sites for hydroxylation is 1. The molecule has 0 spiro atoms. The van der Waals surface area contributed by atoms with Crippen molar-refractivity contribution < 1.29 is 23.9 Å². The van der Waals surface area contributed by atoms with Crippen LogP contribution in [0.2, 0.25) is 0 Å². The Morgan fingerprint density at radius 2 is 1.56 bits per heavy atom. The fourth-order valence-electron chi connectivity index (χ4n) is 6.86. The molecule has 1 aliphatic heterocycles. The van der Waals surface area contributed by atoms with Gasteiger partial charge in [-0.15, -0.1) is 0 Å². The molecule has 0 fully saturated rings. The van der Waals surface area contributed by atoms with E-state index in [9.17, 15) is 19.2 Å². The number of carbonyl (C=O) groups is 4. The minimum atomic E-state index is -0.661. The van der Waals surface area contributed by atoms with E-state index in [0.717, 1.165) is 48.1 Å². The summed E-state index contributed by atoms with van der Waals surface area (Å²) in [4.78, 5) is 50.1. The summed E-state index contributed by atoms with van der Waals surface area (Å²) in [7, 11) is 3.07. The van der Waals surface area contributed by atoms with Crippen LogP contribution in [0.3, 0.4) is 0 Å². The fourth-order valence-corrected chi connectivity index (χ4v) is 6.86. The Morgan fingerprint density at radius 3 is 2.25 bits per heavy atom. The summed E-state index contributed by atoms with van der Waals surface area (Å²) in [5, 5.41) is 12.0. The minimum absolute atomic E-state index is 0.0457. The Hall–Kier alpha value is -5.48. The van der Waals surface area contributed by atoms with Crippen LogP contribution in [0.15, 0.2) is 97.1 Å². The summed E-state index contributed by atoms with van der Waals surface area (Å²) < 4.78 is 4.74. The van der Waals surface area contributed by atoms with E-state index in [1.165, 1.54) is 30.2 Å². The third-order valence-electron chi connectivity index (χ3n) is 9.66. The van der Waals surface area contributed by atoms with Crippen molar-refractivity contribution in [2.24, 2.45) is 0 Å². The number of fused-ring (bicyclic) bond motifs is 2. The van der Waals surface area contributed by atoms with E-state index in [0.29, 0.717) is 25.1 Å². The molecule has 3 atom stereocenters. The largest absolute Gasteiger partial charge is 0.465 e. The molecule has 272 valence electrons. The lowest BCUT2D eigenvalue weighted by Crippen LogP contribution is -2.54. The molecule has 6 rings (SSSR count). The monoisotopic (exact) mass is 703 g/mol. The van der Waals surface area contributed by atoms with E-state index in [1.54, 1.807) is 19.2 Å². The number of hydrogen-bond acceptors (Lipinski definition) is 7. The van der Waals surface area contributed by atoms with Crippen molar-refractivity contribution >= 4 is 29.9 Å². The van der Waals surface area contributed by atoms with Gasteiger partial charge in [0.15, 0.2) is 0 Å². The van der Waals surface area contributed by atoms with Gasteiger partial charge in [0.05, 0.1) is 25.3 Å². The molecule has 1 unspecified atom stereocenters. The van der Waals surface area contributed by atoms with Gasteiger partial charge in [0.2, 0.25) is 18.2 Å². The van der Waals surface area contributed by atoms with Crippen LogP contribution in [0.1, 0.15) is 69.5 Å². The normalized spacial score (nSPS) is 16.5. The van der Waals surface area contributed by atoms with Crippen LogP contribution in [0.4, 0.5) is 5.69 Å². The van der Waals surface area contributed by atoms with Gasteiger partial charge in [0.1, 0.15) is 6.04 Å². The molecule has 0 saturated carbocycles. The number of amides is 3. The second-order valence-electron chi connectivity index (χ2n) is 13.3. The average molecular weight is 704 g/mol. The number of hydrogen-bond donors (Lipinski definition) is 4. The van der Waals surface area contributed by atoms with Crippen molar-refractivity contribution in [2.75, 3.05) is 26.0 Å². The number of methoxy groups -OCH3 is 1. The lowest BCUT2D eigenvalue weighted by molar-refractivity contribution is -0.139. The van der Waals surface area contributed by atoms with Gasteiger partial charge in [-0.2, -0.15) is 0 Å². The first-order chi connectivity index (χ1) is 25.3. The third-order valence-corrected chi connectivity index (χ3v) is 9.66.